The average Bonchev–Trinajstić information content (AvgIpc) is 2.75. The first-order valence-electron chi connectivity index (χ1n) is 9.91. The van der Waals surface area contributed by atoms with Crippen molar-refractivity contribution in [2.45, 2.75) is 53.4 Å². The lowest BCUT2D eigenvalue weighted by Crippen LogP contribution is -2.24. The zero-order chi connectivity index (χ0) is 17.8. The van der Waals surface area contributed by atoms with E-state index in [2.05, 4.69) is 70.2 Å². The summed E-state index contributed by atoms with van der Waals surface area (Å²) in [5.41, 5.74) is 6.61. The summed E-state index contributed by atoms with van der Waals surface area (Å²) in [5, 5.41) is 0. The van der Waals surface area contributed by atoms with Crippen molar-refractivity contribution in [2.24, 2.45) is 22.7 Å². The maximum Gasteiger partial charge on any atom is 0.0668 e. The van der Waals surface area contributed by atoms with E-state index in [-0.39, 0.29) is 0 Å². The topological polar surface area (TPSA) is 12.4 Å². The molecule has 4 rings (SSSR count). The Balaban J connectivity index is 2.09. The van der Waals surface area contributed by atoms with E-state index in [9.17, 15) is 0 Å². The fraction of sp³-hybridized carbons (Fsp3) is 0.458. The second-order valence-corrected chi connectivity index (χ2v) is 7.68. The molecule has 0 saturated carbocycles. The van der Waals surface area contributed by atoms with Gasteiger partial charge in [0.2, 0.25) is 0 Å². The zero-order valence-corrected chi connectivity index (χ0v) is 16.1. The third-order valence-electron chi connectivity index (χ3n) is 5.64. The van der Waals surface area contributed by atoms with Crippen LogP contribution in [0.1, 0.15) is 64.5 Å². The molecule has 1 aliphatic carbocycles. The zero-order valence-electron chi connectivity index (χ0n) is 16.1. The standard InChI is InChI=1S/C24H31N/c1-5-7-17(3)21-13-14-23-22(24(21)18(4)8-6-2)15-19-9-11-20(12-10-19)16-25-23/h9-18,24H,5-8H2,1-4H3. The van der Waals surface area contributed by atoms with Gasteiger partial charge in [0, 0.05) is 12.1 Å². The Labute approximate surface area is 153 Å². The van der Waals surface area contributed by atoms with Crippen LogP contribution in [0.25, 0.3) is 6.08 Å². The largest absolute Gasteiger partial charge is 0.256 e. The van der Waals surface area contributed by atoms with Crippen LogP contribution < -0.4 is 0 Å². The van der Waals surface area contributed by atoms with Gasteiger partial charge in [-0.1, -0.05) is 82.9 Å². The highest BCUT2D eigenvalue weighted by Gasteiger charge is 2.31. The minimum absolute atomic E-state index is 0.482. The van der Waals surface area contributed by atoms with Gasteiger partial charge in [0.1, 0.15) is 0 Å². The number of nitrogens with zero attached hydrogens (tertiary/aromatic N) is 1. The highest BCUT2D eigenvalue weighted by molar-refractivity contribution is 5.83. The van der Waals surface area contributed by atoms with E-state index in [1.807, 2.05) is 6.21 Å². The van der Waals surface area contributed by atoms with E-state index in [0.29, 0.717) is 17.8 Å². The Morgan fingerprint density at radius 3 is 2.28 bits per heavy atom. The lowest BCUT2D eigenvalue weighted by atomic mass is 9.70. The molecular formula is C24H31N. The van der Waals surface area contributed by atoms with Gasteiger partial charge in [-0.05, 0) is 47.1 Å². The molecule has 0 radical (unpaired) electrons. The molecule has 0 spiro atoms. The molecule has 3 aliphatic rings. The van der Waals surface area contributed by atoms with Crippen molar-refractivity contribution < 1.29 is 0 Å². The van der Waals surface area contributed by atoms with Gasteiger partial charge in [-0.15, -0.1) is 0 Å². The quantitative estimate of drug-likeness (QED) is 0.542. The molecule has 2 bridgehead atoms. The summed E-state index contributed by atoms with van der Waals surface area (Å²) >= 11 is 0. The molecule has 132 valence electrons. The molecule has 2 heterocycles. The van der Waals surface area contributed by atoms with Gasteiger partial charge >= 0.3 is 0 Å². The molecule has 0 aromatic heterocycles. The van der Waals surface area contributed by atoms with Crippen molar-refractivity contribution in [1.82, 2.24) is 0 Å². The number of benzene rings is 1. The fourth-order valence-corrected chi connectivity index (χ4v) is 4.32. The lowest BCUT2D eigenvalue weighted by Gasteiger charge is -2.35. The summed E-state index contributed by atoms with van der Waals surface area (Å²) in [4.78, 5) is 4.85. The number of allylic oxidation sites excluding steroid dienone is 4. The molecule has 3 unspecified atom stereocenters. The van der Waals surface area contributed by atoms with Gasteiger partial charge in [-0.3, -0.25) is 4.99 Å². The van der Waals surface area contributed by atoms with Gasteiger partial charge in [0.15, 0.2) is 0 Å². The Kier molecular flexibility index (Phi) is 5.73. The van der Waals surface area contributed by atoms with E-state index < -0.39 is 0 Å². The summed E-state index contributed by atoms with van der Waals surface area (Å²) < 4.78 is 0. The smallest absolute Gasteiger partial charge is 0.0668 e. The first kappa shape index (κ1) is 17.9. The van der Waals surface area contributed by atoms with Crippen LogP contribution in [-0.4, -0.2) is 6.21 Å². The number of aliphatic imine (C=N–C) groups is 1. The second-order valence-electron chi connectivity index (χ2n) is 7.68. The monoisotopic (exact) mass is 333 g/mol. The van der Waals surface area contributed by atoms with Crippen molar-refractivity contribution in [3.63, 3.8) is 0 Å². The number of fused-ring (bicyclic) bond motifs is 2. The van der Waals surface area contributed by atoms with Gasteiger partial charge in [-0.25, -0.2) is 0 Å². The van der Waals surface area contributed by atoms with E-state index in [4.69, 9.17) is 4.99 Å². The predicted octanol–water partition coefficient (Wildman–Crippen LogP) is 6.82. The van der Waals surface area contributed by atoms with Crippen molar-refractivity contribution in [1.29, 1.82) is 0 Å². The maximum absolute atomic E-state index is 4.85. The van der Waals surface area contributed by atoms with Crippen molar-refractivity contribution >= 4 is 12.3 Å². The summed E-state index contributed by atoms with van der Waals surface area (Å²) in [7, 11) is 0. The van der Waals surface area contributed by atoms with Crippen LogP contribution >= 0.6 is 0 Å². The Morgan fingerprint density at radius 1 is 0.920 bits per heavy atom. The average molecular weight is 334 g/mol. The molecule has 1 nitrogen and oxygen atoms in total. The highest BCUT2D eigenvalue weighted by atomic mass is 14.7. The SMILES string of the molecule is CCCC(C)C1=CC=C2N=Cc3ccc(cc3)C=C2C1C(C)CCC. The van der Waals surface area contributed by atoms with Crippen molar-refractivity contribution in [2.75, 3.05) is 0 Å². The number of hydrogen-bond acceptors (Lipinski definition) is 1. The third kappa shape index (κ3) is 3.86. The van der Waals surface area contributed by atoms with Crippen LogP contribution in [-0.2, 0) is 0 Å². The van der Waals surface area contributed by atoms with E-state index in [1.54, 1.807) is 5.57 Å². The molecule has 3 atom stereocenters. The highest BCUT2D eigenvalue weighted by Crippen LogP contribution is 2.43. The fourth-order valence-electron chi connectivity index (χ4n) is 4.32. The van der Waals surface area contributed by atoms with Gasteiger partial charge < -0.3 is 0 Å². The van der Waals surface area contributed by atoms with Gasteiger partial charge in [0.05, 0.1) is 5.70 Å². The van der Waals surface area contributed by atoms with Crippen molar-refractivity contribution in [3.8, 4) is 0 Å². The normalized spacial score (nSPS) is 21.3. The van der Waals surface area contributed by atoms with Crippen LogP contribution in [0.15, 0.2) is 58.3 Å². The third-order valence-corrected chi connectivity index (χ3v) is 5.64. The summed E-state index contributed by atoms with van der Waals surface area (Å²) in [6.07, 6.45) is 14.0. The predicted molar refractivity (Wildman–Crippen MR) is 110 cm³/mol. The molecule has 25 heavy (non-hydrogen) atoms. The molecule has 0 amide bonds. The summed E-state index contributed by atoms with van der Waals surface area (Å²) in [6, 6.07) is 8.75. The molecule has 1 aromatic rings. The van der Waals surface area contributed by atoms with Crippen molar-refractivity contribution in [3.05, 3.63) is 64.4 Å². The Hall–Kier alpha value is -1.89. The number of rotatable bonds is 6. The number of hydrogen-bond donors (Lipinski definition) is 0. The van der Waals surface area contributed by atoms with Crippen LogP contribution in [0.2, 0.25) is 0 Å². The second kappa shape index (κ2) is 7.99. The van der Waals surface area contributed by atoms with Crippen LogP contribution in [0, 0.1) is 17.8 Å². The van der Waals surface area contributed by atoms with Gasteiger partial charge in [0.25, 0.3) is 0 Å². The minimum atomic E-state index is 0.482. The van der Waals surface area contributed by atoms with E-state index in [1.165, 1.54) is 42.4 Å². The first-order chi connectivity index (χ1) is 12.1. The molecule has 0 N–H and O–H groups in total. The van der Waals surface area contributed by atoms with Crippen LogP contribution in [0.3, 0.4) is 0 Å². The van der Waals surface area contributed by atoms with Gasteiger partial charge in [-0.2, -0.15) is 0 Å². The molecule has 1 aromatic carbocycles. The summed E-state index contributed by atoms with van der Waals surface area (Å²) in [6.45, 7) is 9.40. The molecule has 0 fully saturated rings. The van der Waals surface area contributed by atoms with E-state index >= 15 is 0 Å². The summed E-state index contributed by atoms with van der Waals surface area (Å²) in [5.74, 6) is 1.75. The Morgan fingerprint density at radius 2 is 1.60 bits per heavy atom. The molecule has 2 aliphatic heterocycles. The van der Waals surface area contributed by atoms with Crippen LogP contribution in [0.5, 0.6) is 0 Å². The van der Waals surface area contributed by atoms with E-state index in [0.717, 1.165) is 5.70 Å². The molecule has 1 heteroatoms. The lowest BCUT2D eigenvalue weighted by molar-refractivity contribution is 0.390. The molecular weight excluding hydrogens is 302 g/mol. The molecule has 0 saturated heterocycles. The Bertz CT molecular complexity index is 715. The maximum atomic E-state index is 4.85. The minimum Gasteiger partial charge on any atom is -0.256 e. The first-order valence-corrected chi connectivity index (χ1v) is 9.91. The van der Waals surface area contributed by atoms with Crippen LogP contribution in [0.4, 0.5) is 0 Å².